The van der Waals surface area contributed by atoms with E-state index >= 15 is 0 Å². The third-order valence-electron chi connectivity index (χ3n) is 3.10. The van der Waals surface area contributed by atoms with Gasteiger partial charge in [0.1, 0.15) is 11.3 Å². The Balaban J connectivity index is 1.76. The lowest BCUT2D eigenvalue weighted by Crippen LogP contribution is -2.13. The summed E-state index contributed by atoms with van der Waals surface area (Å²) in [5, 5.41) is 4.77. The maximum absolute atomic E-state index is 11.2. The molecule has 0 saturated heterocycles. The van der Waals surface area contributed by atoms with Gasteiger partial charge in [-0.1, -0.05) is 25.9 Å². The maximum Gasteiger partial charge on any atom is 0.336 e. The van der Waals surface area contributed by atoms with Crippen LogP contribution in [0.3, 0.4) is 0 Å². The lowest BCUT2D eigenvalue weighted by Gasteiger charge is -2.10. The Morgan fingerprint density at radius 1 is 1.18 bits per heavy atom. The first-order valence-corrected chi connectivity index (χ1v) is 6.91. The highest BCUT2D eigenvalue weighted by Crippen LogP contribution is 2.21. The van der Waals surface area contributed by atoms with Crippen molar-refractivity contribution in [1.82, 2.24) is 10.1 Å². The van der Waals surface area contributed by atoms with Crippen molar-refractivity contribution in [3.8, 4) is 5.75 Å². The monoisotopic (exact) mass is 300 g/mol. The van der Waals surface area contributed by atoms with E-state index in [0.717, 1.165) is 5.39 Å². The number of nitrogens with zero attached hydrogens (tertiary/aromatic N) is 2. The molecule has 0 amide bonds. The zero-order valence-corrected chi connectivity index (χ0v) is 12.6. The quantitative estimate of drug-likeness (QED) is 0.692. The smallest absolute Gasteiger partial charge is 0.336 e. The first kappa shape index (κ1) is 14.3. The second-order valence-corrected chi connectivity index (χ2v) is 6.00. The van der Waals surface area contributed by atoms with Gasteiger partial charge in [-0.3, -0.25) is 0 Å². The molecule has 1 aromatic carbocycles. The Morgan fingerprint density at radius 2 is 1.95 bits per heavy atom. The Bertz CT molecular complexity index is 858. The lowest BCUT2D eigenvalue weighted by molar-refractivity contribution is 0.242. The van der Waals surface area contributed by atoms with Gasteiger partial charge in [0.05, 0.1) is 0 Å². The summed E-state index contributed by atoms with van der Waals surface area (Å²) in [7, 11) is 0. The number of aromatic nitrogens is 2. The number of ether oxygens (including phenoxy) is 1. The molecule has 3 aromatic rings. The van der Waals surface area contributed by atoms with Gasteiger partial charge in [0.25, 0.3) is 5.89 Å². The fourth-order valence-corrected chi connectivity index (χ4v) is 1.89. The van der Waals surface area contributed by atoms with Crippen molar-refractivity contribution in [2.45, 2.75) is 32.8 Å². The minimum absolute atomic E-state index is 0.158. The molecule has 0 aliphatic heterocycles. The first-order chi connectivity index (χ1) is 10.4. The van der Waals surface area contributed by atoms with Crippen molar-refractivity contribution >= 4 is 11.0 Å². The number of hydrogen-bond acceptors (Lipinski definition) is 6. The van der Waals surface area contributed by atoms with Crippen molar-refractivity contribution in [3.63, 3.8) is 0 Å². The average molecular weight is 300 g/mol. The van der Waals surface area contributed by atoms with Gasteiger partial charge < -0.3 is 13.7 Å². The summed E-state index contributed by atoms with van der Waals surface area (Å²) in [5.74, 6) is 1.60. The zero-order chi connectivity index (χ0) is 15.7. The van der Waals surface area contributed by atoms with Gasteiger partial charge in [0.15, 0.2) is 12.4 Å². The Morgan fingerprint density at radius 3 is 2.68 bits per heavy atom. The van der Waals surface area contributed by atoms with Crippen LogP contribution in [0.15, 0.2) is 44.1 Å². The van der Waals surface area contributed by atoms with Crippen LogP contribution >= 0.6 is 0 Å². The minimum atomic E-state index is -0.392. The van der Waals surface area contributed by atoms with Crippen molar-refractivity contribution in [2.24, 2.45) is 0 Å². The van der Waals surface area contributed by atoms with E-state index in [0.29, 0.717) is 23.0 Å². The summed E-state index contributed by atoms with van der Waals surface area (Å²) in [6.07, 6.45) is 0. The van der Waals surface area contributed by atoms with Crippen LogP contribution in [0.5, 0.6) is 5.75 Å². The molecule has 0 N–H and O–H groups in total. The normalized spacial score (nSPS) is 11.8. The summed E-state index contributed by atoms with van der Waals surface area (Å²) in [4.78, 5) is 15.5. The third-order valence-corrected chi connectivity index (χ3v) is 3.10. The third kappa shape index (κ3) is 3.00. The van der Waals surface area contributed by atoms with Gasteiger partial charge >= 0.3 is 5.63 Å². The standard InChI is InChI=1S/C16H16N2O4/c1-16(2,3)15-17-13(22-18-15)9-20-11-6-4-10-5-7-14(19)21-12(10)8-11/h4-8H,9H2,1-3H3. The van der Waals surface area contributed by atoms with Crippen LogP contribution in [-0.2, 0) is 12.0 Å². The van der Waals surface area contributed by atoms with Crippen LogP contribution in [0.25, 0.3) is 11.0 Å². The van der Waals surface area contributed by atoms with Gasteiger partial charge in [-0.2, -0.15) is 4.98 Å². The van der Waals surface area contributed by atoms with E-state index < -0.39 is 5.63 Å². The highest BCUT2D eigenvalue weighted by atomic mass is 16.5. The Hall–Kier alpha value is -2.63. The summed E-state index contributed by atoms with van der Waals surface area (Å²) in [6.45, 7) is 6.18. The Labute approximate surface area is 126 Å². The van der Waals surface area contributed by atoms with Crippen LogP contribution < -0.4 is 10.4 Å². The van der Waals surface area contributed by atoms with E-state index in [1.54, 1.807) is 18.2 Å². The van der Waals surface area contributed by atoms with Crippen LogP contribution in [-0.4, -0.2) is 10.1 Å². The second kappa shape index (κ2) is 5.29. The van der Waals surface area contributed by atoms with Crippen LogP contribution in [0.1, 0.15) is 32.5 Å². The van der Waals surface area contributed by atoms with E-state index in [4.69, 9.17) is 13.7 Å². The number of benzene rings is 1. The van der Waals surface area contributed by atoms with Crippen molar-refractivity contribution in [3.05, 3.63) is 52.5 Å². The molecule has 0 radical (unpaired) electrons. The van der Waals surface area contributed by atoms with Crippen LogP contribution in [0.4, 0.5) is 0 Å². The first-order valence-electron chi connectivity index (χ1n) is 6.91. The molecule has 114 valence electrons. The van der Waals surface area contributed by atoms with E-state index in [2.05, 4.69) is 10.1 Å². The molecule has 0 fully saturated rings. The van der Waals surface area contributed by atoms with Crippen LogP contribution in [0, 0.1) is 0 Å². The topological polar surface area (TPSA) is 78.4 Å². The molecule has 6 nitrogen and oxygen atoms in total. The van der Waals surface area contributed by atoms with E-state index in [1.165, 1.54) is 6.07 Å². The molecule has 0 aliphatic rings. The van der Waals surface area contributed by atoms with E-state index in [9.17, 15) is 4.79 Å². The van der Waals surface area contributed by atoms with E-state index in [1.807, 2.05) is 26.8 Å². The predicted molar refractivity (Wildman–Crippen MR) is 79.8 cm³/mol. The molecule has 0 atom stereocenters. The molecule has 0 unspecified atom stereocenters. The van der Waals surface area contributed by atoms with Gasteiger partial charge in [-0.05, 0) is 18.2 Å². The van der Waals surface area contributed by atoms with Gasteiger partial charge in [0, 0.05) is 22.9 Å². The van der Waals surface area contributed by atoms with Crippen molar-refractivity contribution in [1.29, 1.82) is 0 Å². The number of hydrogen-bond donors (Lipinski definition) is 0. The SMILES string of the molecule is CC(C)(C)c1noc(COc2ccc3ccc(=O)oc3c2)n1. The molecule has 22 heavy (non-hydrogen) atoms. The molecule has 2 heterocycles. The average Bonchev–Trinajstić information content (AvgIpc) is 2.93. The molecule has 6 heteroatoms. The molecule has 3 rings (SSSR count). The number of rotatable bonds is 3. The van der Waals surface area contributed by atoms with Crippen molar-refractivity contribution in [2.75, 3.05) is 0 Å². The fraction of sp³-hybridized carbons (Fsp3) is 0.312. The number of fused-ring (bicyclic) bond motifs is 1. The zero-order valence-electron chi connectivity index (χ0n) is 12.6. The molecule has 0 spiro atoms. The summed E-state index contributed by atoms with van der Waals surface area (Å²) in [5.41, 5.74) is -0.0871. The highest BCUT2D eigenvalue weighted by molar-refractivity contribution is 5.77. The molecule has 0 aliphatic carbocycles. The predicted octanol–water partition coefficient (Wildman–Crippen LogP) is 3.05. The van der Waals surface area contributed by atoms with E-state index in [-0.39, 0.29) is 12.0 Å². The van der Waals surface area contributed by atoms with Crippen LogP contribution in [0.2, 0.25) is 0 Å². The lowest BCUT2D eigenvalue weighted by atomic mass is 9.96. The summed E-state index contributed by atoms with van der Waals surface area (Å²) >= 11 is 0. The summed E-state index contributed by atoms with van der Waals surface area (Å²) < 4.78 is 15.9. The fourth-order valence-electron chi connectivity index (χ4n) is 1.89. The van der Waals surface area contributed by atoms with Gasteiger partial charge in [-0.15, -0.1) is 0 Å². The summed E-state index contributed by atoms with van der Waals surface area (Å²) in [6, 6.07) is 8.37. The molecule has 0 bridgehead atoms. The minimum Gasteiger partial charge on any atom is -0.484 e. The molecule has 0 saturated carbocycles. The van der Waals surface area contributed by atoms with Crippen molar-refractivity contribution < 1.29 is 13.7 Å². The largest absolute Gasteiger partial charge is 0.484 e. The van der Waals surface area contributed by atoms with Gasteiger partial charge in [-0.25, -0.2) is 4.79 Å². The van der Waals surface area contributed by atoms with Gasteiger partial charge in [0.2, 0.25) is 0 Å². The molecular formula is C16H16N2O4. The Kier molecular flexibility index (Phi) is 3.44. The highest BCUT2D eigenvalue weighted by Gasteiger charge is 2.21. The second-order valence-electron chi connectivity index (χ2n) is 6.00. The molecule has 2 aromatic heterocycles. The molecular weight excluding hydrogens is 284 g/mol. The maximum atomic E-state index is 11.2.